The summed E-state index contributed by atoms with van der Waals surface area (Å²) in [5.41, 5.74) is 1.13. The van der Waals surface area contributed by atoms with Crippen molar-refractivity contribution in [2.24, 2.45) is 0 Å². The van der Waals surface area contributed by atoms with Crippen LogP contribution >= 0.6 is 11.6 Å². The largest absolute Gasteiger partial charge is 0.492 e. The lowest BCUT2D eigenvalue weighted by atomic mass is 10.1. The molecule has 1 aromatic rings. The van der Waals surface area contributed by atoms with Crippen LogP contribution in [0.2, 0.25) is 5.02 Å². The van der Waals surface area contributed by atoms with Gasteiger partial charge in [0.2, 0.25) is 0 Å². The molecule has 3 nitrogen and oxygen atoms in total. The Morgan fingerprint density at radius 2 is 2.31 bits per heavy atom. The van der Waals surface area contributed by atoms with E-state index in [1.807, 2.05) is 25.1 Å². The molecule has 0 aliphatic carbocycles. The van der Waals surface area contributed by atoms with Gasteiger partial charge in [0.1, 0.15) is 12.0 Å². The van der Waals surface area contributed by atoms with Crippen molar-refractivity contribution in [3.05, 3.63) is 28.8 Å². The van der Waals surface area contributed by atoms with E-state index in [1.54, 1.807) is 0 Å². The van der Waals surface area contributed by atoms with Crippen LogP contribution in [0.5, 0.6) is 5.75 Å². The van der Waals surface area contributed by atoms with Gasteiger partial charge in [-0.2, -0.15) is 0 Å². The number of carbonyl (C=O) groups is 1. The maximum atomic E-state index is 10.1. The molecule has 1 N–H and O–H groups in total. The van der Waals surface area contributed by atoms with Crippen LogP contribution in [-0.2, 0) is 11.2 Å². The van der Waals surface area contributed by atoms with Crippen LogP contribution in [0.25, 0.3) is 0 Å². The molecule has 0 atom stereocenters. The van der Waals surface area contributed by atoms with E-state index >= 15 is 0 Å². The summed E-state index contributed by atoms with van der Waals surface area (Å²) in [6.07, 6.45) is 1.70. The van der Waals surface area contributed by atoms with Crippen molar-refractivity contribution in [1.82, 2.24) is 5.32 Å². The first-order valence-electron chi connectivity index (χ1n) is 5.33. The minimum atomic E-state index is 0.394. The standard InChI is InChI=1S/C12H16ClNO2/c1-2-16-12-4-3-10(9-11(12)13)5-6-14-7-8-15/h3-4,8-9,14H,2,5-7H2,1H3. The van der Waals surface area contributed by atoms with E-state index in [1.165, 1.54) is 0 Å². The molecule has 1 aromatic carbocycles. The Hall–Kier alpha value is -1.06. The van der Waals surface area contributed by atoms with Gasteiger partial charge in [-0.05, 0) is 37.6 Å². The molecule has 0 heterocycles. The summed E-state index contributed by atoms with van der Waals surface area (Å²) < 4.78 is 5.34. The molecule has 0 saturated heterocycles. The van der Waals surface area contributed by atoms with E-state index in [9.17, 15) is 4.79 Å². The molecule has 0 fully saturated rings. The Morgan fingerprint density at radius 3 is 2.94 bits per heavy atom. The Kier molecular flexibility index (Phi) is 5.90. The second kappa shape index (κ2) is 7.25. The molecule has 0 unspecified atom stereocenters. The molecule has 0 aromatic heterocycles. The lowest BCUT2D eigenvalue weighted by Crippen LogP contribution is -2.19. The molecule has 0 bridgehead atoms. The number of nitrogens with one attached hydrogen (secondary N) is 1. The highest BCUT2D eigenvalue weighted by atomic mass is 35.5. The number of hydrogen-bond acceptors (Lipinski definition) is 3. The van der Waals surface area contributed by atoms with Gasteiger partial charge >= 0.3 is 0 Å². The Bertz CT molecular complexity index is 342. The lowest BCUT2D eigenvalue weighted by molar-refractivity contribution is -0.107. The third-order valence-electron chi connectivity index (χ3n) is 2.11. The first kappa shape index (κ1) is 13.0. The van der Waals surface area contributed by atoms with Gasteiger partial charge < -0.3 is 14.8 Å². The smallest absolute Gasteiger partial charge is 0.137 e. The van der Waals surface area contributed by atoms with Gasteiger partial charge in [-0.3, -0.25) is 0 Å². The first-order chi connectivity index (χ1) is 7.77. The highest BCUT2D eigenvalue weighted by Crippen LogP contribution is 2.25. The SMILES string of the molecule is CCOc1ccc(CCNCC=O)cc1Cl. The zero-order valence-electron chi connectivity index (χ0n) is 9.33. The number of ether oxygens (including phenoxy) is 1. The second-order valence-electron chi connectivity index (χ2n) is 3.32. The summed E-state index contributed by atoms with van der Waals surface area (Å²) in [4.78, 5) is 10.1. The van der Waals surface area contributed by atoms with E-state index < -0.39 is 0 Å². The maximum Gasteiger partial charge on any atom is 0.137 e. The maximum absolute atomic E-state index is 10.1. The summed E-state index contributed by atoms with van der Waals surface area (Å²) >= 11 is 6.05. The normalized spacial score (nSPS) is 10.1. The van der Waals surface area contributed by atoms with Crippen LogP contribution in [0.4, 0.5) is 0 Å². The van der Waals surface area contributed by atoms with Crippen molar-refractivity contribution < 1.29 is 9.53 Å². The van der Waals surface area contributed by atoms with Gasteiger partial charge in [0.05, 0.1) is 18.2 Å². The van der Waals surface area contributed by atoms with Crippen molar-refractivity contribution in [3.8, 4) is 5.75 Å². The van der Waals surface area contributed by atoms with E-state index in [0.29, 0.717) is 23.9 Å². The third kappa shape index (κ3) is 4.21. The third-order valence-corrected chi connectivity index (χ3v) is 2.41. The Labute approximate surface area is 101 Å². The number of hydrogen-bond donors (Lipinski definition) is 1. The van der Waals surface area contributed by atoms with E-state index in [0.717, 1.165) is 24.8 Å². The van der Waals surface area contributed by atoms with Crippen LogP contribution in [-0.4, -0.2) is 26.0 Å². The van der Waals surface area contributed by atoms with Gasteiger partial charge in [0, 0.05) is 0 Å². The summed E-state index contributed by atoms with van der Waals surface area (Å²) in [6, 6.07) is 5.76. The van der Waals surface area contributed by atoms with Crippen molar-refractivity contribution in [3.63, 3.8) is 0 Å². The zero-order valence-corrected chi connectivity index (χ0v) is 10.1. The minimum Gasteiger partial charge on any atom is -0.492 e. The summed E-state index contributed by atoms with van der Waals surface area (Å²) in [7, 11) is 0. The predicted octanol–water partition coefficient (Wildman–Crippen LogP) is 2.07. The molecule has 88 valence electrons. The van der Waals surface area contributed by atoms with Crippen molar-refractivity contribution in [1.29, 1.82) is 0 Å². The van der Waals surface area contributed by atoms with Crippen molar-refractivity contribution in [2.75, 3.05) is 19.7 Å². The molecule has 0 radical (unpaired) electrons. The molecule has 4 heteroatoms. The zero-order chi connectivity index (χ0) is 11.8. The van der Waals surface area contributed by atoms with E-state index in [4.69, 9.17) is 16.3 Å². The number of benzene rings is 1. The van der Waals surface area contributed by atoms with E-state index in [-0.39, 0.29) is 0 Å². The lowest BCUT2D eigenvalue weighted by Gasteiger charge is -2.07. The van der Waals surface area contributed by atoms with Crippen LogP contribution in [0.3, 0.4) is 0 Å². The number of halogens is 1. The van der Waals surface area contributed by atoms with Crippen LogP contribution in [0.1, 0.15) is 12.5 Å². The molecule has 16 heavy (non-hydrogen) atoms. The van der Waals surface area contributed by atoms with Gasteiger partial charge in [-0.1, -0.05) is 17.7 Å². The van der Waals surface area contributed by atoms with Gasteiger partial charge in [-0.25, -0.2) is 0 Å². The van der Waals surface area contributed by atoms with Crippen molar-refractivity contribution in [2.45, 2.75) is 13.3 Å². The molecular formula is C12H16ClNO2. The summed E-state index contributed by atoms with van der Waals surface area (Å²) in [5, 5.41) is 3.63. The quantitative estimate of drug-likeness (QED) is 0.587. The summed E-state index contributed by atoms with van der Waals surface area (Å²) in [5.74, 6) is 0.716. The highest BCUT2D eigenvalue weighted by molar-refractivity contribution is 6.32. The number of rotatable bonds is 7. The molecule has 0 aliphatic rings. The monoisotopic (exact) mass is 241 g/mol. The van der Waals surface area contributed by atoms with Crippen LogP contribution < -0.4 is 10.1 Å². The Morgan fingerprint density at radius 1 is 1.50 bits per heavy atom. The minimum absolute atomic E-state index is 0.394. The molecule has 0 spiro atoms. The molecule has 0 saturated carbocycles. The molecular weight excluding hydrogens is 226 g/mol. The second-order valence-corrected chi connectivity index (χ2v) is 3.73. The number of carbonyl (C=O) groups excluding carboxylic acids is 1. The first-order valence-corrected chi connectivity index (χ1v) is 5.71. The average Bonchev–Trinajstić information content (AvgIpc) is 2.28. The van der Waals surface area contributed by atoms with E-state index in [2.05, 4.69) is 5.32 Å². The molecule has 0 aliphatic heterocycles. The Balaban J connectivity index is 2.49. The predicted molar refractivity (Wildman–Crippen MR) is 65.3 cm³/mol. The summed E-state index contributed by atoms with van der Waals surface area (Å²) in [6.45, 7) is 3.70. The topological polar surface area (TPSA) is 38.3 Å². The highest BCUT2D eigenvalue weighted by Gasteiger charge is 2.02. The number of aldehydes is 1. The van der Waals surface area contributed by atoms with Crippen LogP contribution in [0.15, 0.2) is 18.2 Å². The fourth-order valence-electron chi connectivity index (χ4n) is 1.37. The fourth-order valence-corrected chi connectivity index (χ4v) is 1.62. The van der Waals surface area contributed by atoms with Gasteiger partial charge in [0.15, 0.2) is 0 Å². The van der Waals surface area contributed by atoms with Crippen molar-refractivity contribution >= 4 is 17.9 Å². The molecule has 0 amide bonds. The van der Waals surface area contributed by atoms with Gasteiger partial charge in [-0.15, -0.1) is 0 Å². The molecule has 1 rings (SSSR count). The average molecular weight is 242 g/mol. The fraction of sp³-hybridized carbons (Fsp3) is 0.417. The van der Waals surface area contributed by atoms with Crippen LogP contribution in [0, 0.1) is 0 Å². The van der Waals surface area contributed by atoms with Gasteiger partial charge in [0.25, 0.3) is 0 Å².